The summed E-state index contributed by atoms with van der Waals surface area (Å²) in [4.78, 5) is 15.8. The van der Waals surface area contributed by atoms with Crippen LogP contribution >= 0.6 is 0 Å². The highest BCUT2D eigenvalue weighted by atomic mass is 16.2. The zero-order chi connectivity index (χ0) is 18.8. The van der Waals surface area contributed by atoms with Crippen LogP contribution in [0.2, 0.25) is 0 Å². The first-order chi connectivity index (χ1) is 13.2. The molecule has 1 amide bonds. The van der Waals surface area contributed by atoms with Gasteiger partial charge in [-0.15, -0.1) is 0 Å². The quantitative estimate of drug-likeness (QED) is 0.523. The van der Waals surface area contributed by atoms with Gasteiger partial charge in [-0.05, 0) is 42.8 Å². The highest BCUT2D eigenvalue weighted by Gasteiger charge is 2.24. The summed E-state index contributed by atoms with van der Waals surface area (Å²) in [5.74, 6) is -0.0734. The van der Waals surface area contributed by atoms with Gasteiger partial charge in [-0.2, -0.15) is 0 Å². The highest BCUT2D eigenvalue weighted by molar-refractivity contribution is 6.35. The van der Waals surface area contributed by atoms with Crippen molar-refractivity contribution in [1.29, 1.82) is 0 Å². The zero-order valence-corrected chi connectivity index (χ0v) is 15.2. The lowest BCUT2D eigenvalue weighted by molar-refractivity contribution is -0.110. The van der Waals surface area contributed by atoms with Crippen LogP contribution in [0.4, 0.5) is 11.4 Å². The van der Waals surface area contributed by atoms with E-state index in [0.717, 1.165) is 46.0 Å². The number of rotatable bonds is 5. The van der Waals surface area contributed by atoms with Gasteiger partial charge in [0.05, 0.1) is 5.57 Å². The second kappa shape index (κ2) is 7.13. The fourth-order valence-corrected chi connectivity index (χ4v) is 3.37. The normalized spacial score (nSPS) is 14.3. The van der Waals surface area contributed by atoms with Crippen LogP contribution in [-0.4, -0.2) is 24.0 Å². The Labute approximate surface area is 158 Å². The molecule has 5 nitrogen and oxygen atoms in total. The van der Waals surface area contributed by atoms with E-state index < -0.39 is 0 Å². The SMILES string of the molecule is Cc1cc(-c2ccc(NCCN)cc2)c(/C=C2\C(=O)Nc3ccccc32)[nH]1. The van der Waals surface area contributed by atoms with Gasteiger partial charge in [0.15, 0.2) is 0 Å². The lowest BCUT2D eigenvalue weighted by atomic mass is 10.0. The van der Waals surface area contributed by atoms with Crippen molar-refractivity contribution in [3.63, 3.8) is 0 Å². The van der Waals surface area contributed by atoms with E-state index in [0.29, 0.717) is 12.1 Å². The van der Waals surface area contributed by atoms with Crippen molar-refractivity contribution in [3.8, 4) is 11.1 Å². The summed E-state index contributed by atoms with van der Waals surface area (Å²) < 4.78 is 0. The smallest absolute Gasteiger partial charge is 0.256 e. The molecule has 0 saturated heterocycles. The average Bonchev–Trinajstić information content (AvgIpc) is 3.20. The van der Waals surface area contributed by atoms with Crippen LogP contribution in [0.3, 0.4) is 0 Å². The first-order valence-electron chi connectivity index (χ1n) is 9.02. The van der Waals surface area contributed by atoms with Crippen LogP contribution in [0.25, 0.3) is 22.8 Å². The summed E-state index contributed by atoms with van der Waals surface area (Å²) in [6, 6.07) is 18.1. The van der Waals surface area contributed by atoms with Crippen LogP contribution < -0.4 is 16.4 Å². The lowest BCUT2D eigenvalue weighted by Crippen LogP contribution is -2.12. The Morgan fingerprint density at radius 1 is 1.07 bits per heavy atom. The number of carbonyl (C=O) groups excluding carboxylic acids is 1. The maximum Gasteiger partial charge on any atom is 0.256 e. The molecule has 136 valence electrons. The molecule has 0 aliphatic carbocycles. The Hall–Kier alpha value is -3.31. The third-order valence-electron chi connectivity index (χ3n) is 4.65. The summed E-state index contributed by atoms with van der Waals surface area (Å²) >= 11 is 0. The van der Waals surface area contributed by atoms with Gasteiger partial charge in [-0.25, -0.2) is 0 Å². The van der Waals surface area contributed by atoms with Crippen molar-refractivity contribution in [1.82, 2.24) is 4.98 Å². The molecule has 0 atom stereocenters. The van der Waals surface area contributed by atoms with E-state index in [4.69, 9.17) is 5.73 Å². The second-order valence-electron chi connectivity index (χ2n) is 6.63. The van der Waals surface area contributed by atoms with E-state index in [1.807, 2.05) is 49.4 Å². The lowest BCUT2D eigenvalue weighted by Gasteiger charge is -2.07. The molecule has 2 heterocycles. The minimum absolute atomic E-state index is 0.0734. The zero-order valence-electron chi connectivity index (χ0n) is 15.2. The molecule has 0 fully saturated rings. The Kier molecular flexibility index (Phi) is 4.52. The average molecular weight is 358 g/mol. The predicted octanol–water partition coefficient (Wildman–Crippen LogP) is 3.85. The number of benzene rings is 2. The standard InChI is InChI=1S/C22H22N4O/c1-14-12-18(15-6-8-16(9-7-15)24-11-10-23)21(25-14)13-19-17-4-2-3-5-20(17)26-22(19)27/h2-9,12-13,24-25H,10-11,23H2,1H3,(H,26,27)/b19-13-. The molecular weight excluding hydrogens is 336 g/mol. The number of amides is 1. The van der Waals surface area contributed by atoms with Gasteiger partial charge in [0.1, 0.15) is 0 Å². The molecule has 1 aromatic heterocycles. The third-order valence-corrected chi connectivity index (χ3v) is 4.65. The van der Waals surface area contributed by atoms with Crippen LogP contribution in [0.15, 0.2) is 54.6 Å². The molecule has 1 aliphatic rings. The van der Waals surface area contributed by atoms with Crippen molar-refractivity contribution in [2.75, 3.05) is 23.7 Å². The van der Waals surface area contributed by atoms with E-state index in [2.05, 4.69) is 33.8 Å². The summed E-state index contributed by atoms with van der Waals surface area (Å²) in [5.41, 5.74) is 13.2. The number of hydrogen-bond donors (Lipinski definition) is 4. The molecule has 5 heteroatoms. The summed E-state index contributed by atoms with van der Waals surface area (Å²) in [7, 11) is 0. The van der Waals surface area contributed by atoms with Crippen LogP contribution in [0.5, 0.6) is 0 Å². The Balaban J connectivity index is 1.71. The van der Waals surface area contributed by atoms with Gasteiger partial charge in [0.2, 0.25) is 0 Å². The Bertz CT molecular complexity index is 1020. The van der Waals surface area contributed by atoms with Gasteiger partial charge < -0.3 is 21.4 Å². The van der Waals surface area contributed by atoms with Crippen LogP contribution in [0.1, 0.15) is 17.0 Å². The van der Waals surface area contributed by atoms with E-state index >= 15 is 0 Å². The Morgan fingerprint density at radius 3 is 2.63 bits per heavy atom. The van der Waals surface area contributed by atoms with E-state index in [9.17, 15) is 4.79 Å². The van der Waals surface area contributed by atoms with Gasteiger partial charge in [0.25, 0.3) is 5.91 Å². The van der Waals surface area contributed by atoms with E-state index in [1.54, 1.807) is 0 Å². The summed E-state index contributed by atoms with van der Waals surface area (Å²) in [6.45, 7) is 3.36. The number of H-pyrrole nitrogens is 1. The predicted molar refractivity (Wildman–Crippen MR) is 111 cm³/mol. The first-order valence-corrected chi connectivity index (χ1v) is 9.02. The van der Waals surface area contributed by atoms with Crippen molar-refractivity contribution in [2.45, 2.75) is 6.92 Å². The summed E-state index contributed by atoms with van der Waals surface area (Å²) in [6.07, 6.45) is 1.93. The molecule has 2 aromatic carbocycles. The number of fused-ring (bicyclic) bond motifs is 1. The third kappa shape index (κ3) is 3.37. The van der Waals surface area contributed by atoms with Crippen molar-refractivity contribution >= 4 is 28.9 Å². The second-order valence-corrected chi connectivity index (χ2v) is 6.63. The first kappa shape index (κ1) is 17.1. The fraction of sp³-hybridized carbons (Fsp3) is 0.136. The molecule has 0 spiro atoms. The number of aryl methyl sites for hydroxylation is 1. The molecule has 4 rings (SSSR count). The molecule has 27 heavy (non-hydrogen) atoms. The largest absolute Gasteiger partial charge is 0.384 e. The molecule has 0 bridgehead atoms. The molecule has 0 radical (unpaired) electrons. The molecule has 1 aliphatic heterocycles. The maximum atomic E-state index is 12.4. The van der Waals surface area contributed by atoms with Crippen LogP contribution in [-0.2, 0) is 4.79 Å². The van der Waals surface area contributed by atoms with Gasteiger partial charge in [-0.3, -0.25) is 4.79 Å². The van der Waals surface area contributed by atoms with E-state index in [-0.39, 0.29) is 5.91 Å². The summed E-state index contributed by atoms with van der Waals surface area (Å²) in [5, 5.41) is 6.19. The number of carbonyl (C=O) groups is 1. The molecule has 5 N–H and O–H groups in total. The molecule has 0 unspecified atom stereocenters. The molecule has 0 saturated carbocycles. The maximum absolute atomic E-state index is 12.4. The number of anilines is 2. The van der Waals surface area contributed by atoms with Crippen molar-refractivity contribution in [2.24, 2.45) is 5.73 Å². The van der Waals surface area contributed by atoms with Gasteiger partial charge >= 0.3 is 0 Å². The number of nitrogens with one attached hydrogen (secondary N) is 3. The van der Waals surface area contributed by atoms with Gasteiger partial charge in [0, 0.05) is 47.0 Å². The number of para-hydroxylation sites is 1. The minimum Gasteiger partial charge on any atom is -0.384 e. The highest BCUT2D eigenvalue weighted by Crippen LogP contribution is 2.35. The number of aromatic nitrogens is 1. The number of aromatic amines is 1. The van der Waals surface area contributed by atoms with Crippen molar-refractivity contribution < 1.29 is 4.79 Å². The Morgan fingerprint density at radius 2 is 1.85 bits per heavy atom. The molecule has 3 aromatic rings. The number of nitrogens with two attached hydrogens (primary N) is 1. The topological polar surface area (TPSA) is 82.9 Å². The van der Waals surface area contributed by atoms with Crippen LogP contribution in [0, 0.1) is 6.92 Å². The van der Waals surface area contributed by atoms with Gasteiger partial charge in [-0.1, -0.05) is 30.3 Å². The monoisotopic (exact) mass is 358 g/mol. The minimum atomic E-state index is -0.0734. The van der Waals surface area contributed by atoms with E-state index in [1.165, 1.54) is 0 Å². The fourth-order valence-electron chi connectivity index (χ4n) is 3.37. The number of hydrogen-bond acceptors (Lipinski definition) is 3. The van der Waals surface area contributed by atoms with Crippen molar-refractivity contribution in [3.05, 3.63) is 71.5 Å². The molecular formula is C22H22N4O.